The molecule has 0 unspecified atom stereocenters. The highest BCUT2D eigenvalue weighted by atomic mass is 19.4. The van der Waals surface area contributed by atoms with Crippen LogP contribution in [0.3, 0.4) is 0 Å². The first-order valence-corrected chi connectivity index (χ1v) is 6.57. The molecule has 0 radical (unpaired) electrons. The standard InChI is InChI=1S/C15H22F3NO/c1-10(8-19)20-9-11-5-12(14(2,3)4)7-13(6-11)15(16,17)18/h5-7,10H,8-9,19H2,1-4H3/t10-/m0/s1. The molecule has 0 aliphatic heterocycles. The van der Waals surface area contributed by atoms with Gasteiger partial charge in [0.1, 0.15) is 0 Å². The summed E-state index contributed by atoms with van der Waals surface area (Å²) in [6.07, 6.45) is -4.53. The van der Waals surface area contributed by atoms with Crippen molar-refractivity contribution in [3.63, 3.8) is 0 Å². The summed E-state index contributed by atoms with van der Waals surface area (Å²) in [6.45, 7) is 7.91. The highest BCUT2D eigenvalue weighted by molar-refractivity contribution is 5.35. The highest BCUT2D eigenvalue weighted by Gasteiger charge is 2.32. The minimum Gasteiger partial charge on any atom is -0.373 e. The van der Waals surface area contributed by atoms with Gasteiger partial charge >= 0.3 is 6.18 Å². The predicted molar refractivity (Wildman–Crippen MR) is 73.4 cm³/mol. The van der Waals surface area contributed by atoms with Crippen LogP contribution in [-0.4, -0.2) is 12.6 Å². The van der Waals surface area contributed by atoms with Crippen molar-refractivity contribution in [1.29, 1.82) is 0 Å². The van der Waals surface area contributed by atoms with Gasteiger partial charge in [0.2, 0.25) is 0 Å². The van der Waals surface area contributed by atoms with Crippen molar-refractivity contribution in [3.05, 3.63) is 34.9 Å². The molecule has 2 N–H and O–H groups in total. The summed E-state index contributed by atoms with van der Waals surface area (Å²) in [4.78, 5) is 0. The van der Waals surface area contributed by atoms with Crippen molar-refractivity contribution in [2.75, 3.05) is 6.54 Å². The third kappa shape index (κ3) is 4.80. The second-order valence-electron chi connectivity index (χ2n) is 6.02. The first-order chi connectivity index (χ1) is 9.04. The normalized spacial score (nSPS) is 14.4. The average Bonchev–Trinajstić information content (AvgIpc) is 2.33. The van der Waals surface area contributed by atoms with Gasteiger partial charge in [0, 0.05) is 6.54 Å². The van der Waals surface area contributed by atoms with Gasteiger partial charge in [-0.05, 0) is 35.6 Å². The molecule has 0 aliphatic rings. The molecular formula is C15H22F3NO. The van der Waals surface area contributed by atoms with Crippen molar-refractivity contribution in [3.8, 4) is 0 Å². The maximum atomic E-state index is 12.9. The molecule has 0 bridgehead atoms. The second kappa shape index (κ2) is 6.14. The van der Waals surface area contributed by atoms with E-state index in [0.717, 1.165) is 6.07 Å². The lowest BCUT2D eigenvalue weighted by atomic mass is 9.85. The molecule has 0 aromatic heterocycles. The van der Waals surface area contributed by atoms with E-state index in [4.69, 9.17) is 10.5 Å². The lowest BCUT2D eigenvalue weighted by Crippen LogP contribution is -2.20. The molecule has 1 aromatic rings. The molecule has 0 heterocycles. The summed E-state index contributed by atoms with van der Waals surface area (Å²) in [5, 5.41) is 0. The van der Waals surface area contributed by atoms with E-state index in [1.165, 1.54) is 6.07 Å². The van der Waals surface area contributed by atoms with Crippen LogP contribution in [0.4, 0.5) is 13.2 Å². The maximum Gasteiger partial charge on any atom is 0.416 e. The molecular weight excluding hydrogens is 267 g/mol. The molecule has 0 aliphatic carbocycles. The van der Waals surface area contributed by atoms with E-state index in [-0.39, 0.29) is 18.1 Å². The van der Waals surface area contributed by atoms with Crippen LogP contribution in [0.25, 0.3) is 0 Å². The molecule has 5 heteroatoms. The van der Waals surface area contributed by atoms with Crippen molar-refractivity contribution in [1.82, 2.24) is 0 Å². The van der Waals surface area contributed by atoms with Crippen LogP contribution in [0.1, 0.15) is 44.4 Å². The zero-order valence-electron chi connectivity index (χ0n) is 12.3. The summed E-state index contributed by atoms with van der Waals surface area (Å²) < 4.78 is 44.2. The molecule has 1 rings (SSSR count). The summed E-state index contributed by atoms with van der Waals surface area (Å²) in [7, 11) is 0. The lowest BCUT2D eigenvalue weighted by molar-refractivity contribution is -0.137. The highest BCUT2D eigenvalue weighted by Crippen LogP contribution is 2.34. The van der Waals surface area contributed by atoms with Gasteiger partial charge in [0.15, 0.2) is 0 Å². The van der Waals surface area contributed by atoms with Crippen molar-refractivity contribution in [2.24, 2.45) is 5.73 Å². The number of rotatable bonds is 4. The summed E-state index contributed by atoms with van der Waals surface area (Å²) in [5.74, 6) is 0. The second-order valence-corrected chi connectivity index (χ2v) is 6.02. The minimum absolute atomic E-state index is 0.130. The zero-order valence-corrected chi connectivity index (χ0v) is 12.3. The van der Waals surface area contributed by atoms with Gasteiger partial charge in [0.25, 0.3) is 0 Å². The van der Waals surface area contributed by atoms with Gasteiger partial charge in [-0.15, -0.1) is 0 Å². The Labute approximate surface area is 118 Å². The van der Waals surface area contributed by atoms with E-state index in [2.05, 4.69) is 0 Å². The van der Waals surface area contributed by atoms with Crippen LogP contribution < -0.4 is 5.73 Å². The van der Waals surface area contributed by atoms with Crippen molar-refractivity contribution >= 4 is 0 Å². The molecule has 0 saturated carbocycles. The lowest BCUT2D eigenvalue weighted by Gasteiger charge is -2.22. The fraction of sp³-hybridized carbons (Fsp3) is 0.600. The predicted octanol–water partition coefficient (Wildman–Crippen LogP) is 3.87. The molecule has 0 amide bonds. The fourth-order valence-corrected chi connectivity index (χ4v) is 1.68. The number of hydrogen-bond acceptors (Lipinski definition) is 2. The fourth-order valence-electron chi connectivity index (χ4n) is 1.68. The third-order valence-corrected chi connectivity index (χ3v) is 3.05. The molecule has 1 atom stereocenters. The number of alkyl halides is 3. The Morgan fingerprint density at radius 1 is 1.10 bits per heavy atom. The van der Waals surface area contributed by atoms with Gasteiger partial charge in [-0.3, -0.25) is 0 Å². The van der Waals surface area contributed by atoms with Gasteiger partial charge < -0.3 is 10.5 Å². The molecule has 0 spiro atoms. The Morgan fingerprint density at radius 3 is 2.10 bits per heavy atom. The Kier molecular flexibility index (Phi) is 5.21. The first kappa shape index (κ1) is 17.0. The number of nitrogens with two attached hydrogens (primary N) is 1. The molecule has 20 heavy (non-hydrogen) atoms. The Hall–Kier alpha value is -1.07. The van der Waals surface area contributed by atoms with E-state index in [1.807, 2.05) is 20.8 Å². The van der Waals surface area contributed by atoms with E-state index < -0.39 is 11.7 Å². The summed E-state index contributed by atoms with van der Waals surface area (Å²) in [5.41, 5.74) is 5.61. The van der Waals surface area contributed by atoms with Crippen LogP contribution in [0.15, 0.2) is 18.2 Å². The van der Waals surface area contributed by atoms with Gasteiger partial charge in [-0.25, -0.2) is 0 Å². The Balaban J connectivity index is 3.11. The zero-order chi connectivity index (χ0) is 15.6. The molecule has 114 valence electrons. The van der Waals surface area contributed by atoms with E-state index in [9.17, 15) is 13.2 Å². The van der Waals surface area contributed by atoms with Crippen LogP contribution in [0.5, 0.6) is 0 Å². The van der Waals surface area contributed by atoms with E-state index in [0.29, 0.717) is 17.7 Å². The molecule has 2 nitrogen and oxygen atoms in total. The number of halogens is 3. The van der Waals surface area contributed by atoms with Crippen molar-refractivity contribution < 1.29 is 17.9 Å². The number of hydrogen-bond donors (Lipinski definition) is 1. The molecule has 0 saturated heterocycles. The summed E-state index contributed by atoms with van der Waals surface area (Å²) >= 11 is 0. The SMILES string of the molecule is C[C@@H](CN)OCc1cc(C(C)(C)C)cc(C(F)(F)F)c1. The topological polar surface area (TPSA) is 35.2 Å². The van der Waals surface area contributed by atoms with Gasteiger partial charge in [-0.2, -0.15) is 13.2 Å². The average molecular weight is 289 g/mol. The van der Waals surface area contributed by atoms with E-state index in [1.54, 1.807) is 13.0 Å². The van der Waals surface area contributed by atoms with Crippen LogP contribution in [0, 0.1) is 0 Å². The maximum absolute atomic E-state index is 12.9. The van der Waals surface area contributed by atoms with Crippen LogP contribution in [-0.2, 0) is 22.9 Å². The first-order valence-electron chi connectivity index (χ1n) is 6.57. The largest absolute Gasteiger partial charge is 0.416 e. The number of benzene rings is 1. The molecule has 1 aromatic carbocycles. The van der Waals surface area contributed by atoms with Crippen LogP contribution in [0.2, 0.25) is 0 Å². The van der Waals surface area contributed by atoms with Crippen LogP contribution >= 0.6 is 0 Å². The Bertz CT molecular complexity index is 417. The minimum atomic E-state index is -4.35. The number of ether oxygens (including phenoxy) is 1. The summed E-state index contributed by atoms with van der Waals surface area (Å²) in [6, 6.07) is 4.10. The van der Waals surface area contributed by atoms with E-state index >= 15 is 0 Å². The monoisotopic (exact) mass is 289 g/mol. The quantitative estimate of drug-likeness (QED) is 0.913. The smallest absolute Gasteiger partial charge is 0.373 e. The van der Waals surface area contributed by atoms with Crippen molar-refractivity contribution in [2.45, 2.75) is 52.0 Å². The Morgan fingerprint density at radius 2 is 1.65 bits per heavy atom. The van der Waals surface area contributed by atoms with Gasteiger partial charge in [-0.1, -0.05) is 26.8 Å². The van der Waals surface area contributed by atoms with Gasteiger partial charge in [0.05, 0.1) is 18.3 Å². The molecule has 0 fully saturated rings. The third-order valence-electron chi connectivity index (χ3n) is 3.05.